The van der Waals surface area contributed by atoms with Crippen molar-refractivity contribution in [1.29, 1.82) is 0 Å². The third kappa shape index (κ3) is 5.52. The SMILES string of the molecule is Cc1ncc(C(F)(F)F)c(-c2c[nH]c3cc(C(=O)NCCCCNC4CCCC4)ccc23)n1. The van der Waals surface area contributed by atoms with Gasteiger partial charge in [0, 0.05) is 47.0 Å². The number of rotatable bonds is 8. The molecule has 0 unspecified atom stereocenters. The number of carbonyl (C=O) groups excluding carboxylic acids is 1. The van der Waals surface area contributed by atoms with Gasteiger partial charge in [-0.3, -0.25) is 4.79 Å². The minimum atomic E-state index is -4.57. The van der Waals surface area contributed by atoms with Crippen molar-refractivity contribution in [2.24, 2.45) is 0 Å². The average Bonchev–Trinajstić information content (AvgIpc) is 3.44. The Bertz CT molecular complexity index is 1120. The van der Waals surface area contributed by atoms with E-state index in [1.165, 1.54) is 31.9 Å². The molecule has 0 spiro atoms. The lowest BCUT2D eigenvalue weighted by molar-refractivity contribution is -0.137. The summed E-state index contributed by atoms with van der Waals surface area (Å²) in [5, 5.41) is 7.04. The second kappa shape index (κ2) is 9.91. The van der Waals surface area contributed by atoms with Gasteiger partial charge in [-0.05, 0) is 51.3 Å². The Hall–Kier alpha value is -2.94. The van der Waals surface area contributed by atoms with Crippen LogP contribution in [0.1, 0.15) is 60.3 Å². The third-order valence-electron chi connectivity index (χ3n) is 6.09. The molecule has 176 valence electrons. The number of nitrogens with one attached hydrogen (secondary N) is 3. The van der Waals surface area contributed by atoms with Gasteiger partial charge in [0.1, 0.15) is 11.4 Å². The lowest BCUT2D eigenvalue weighted by atomic mass is 10.0. The van der Waals surface area contributed by atoms with Crippen LogP contribution in [0.3, 0.4) is 0 Å². The smallest absolute Gasteiger partial charge is 0.360 e. The number of alkyl halides is 3. The van der Waals surface area contributed by atoms with Gasteiger partial charge in [0.05, 0.1) is 5.69 Å². The highest BCUT2D eigenvalue weighted by Crippen LogP contribution is 2.38. The summed E-state index contributed by atoms with van der Waals surface area (Å²) < 4.78 is 40.4. The molecule has 4 rings (SSSR count). The molecular formula is C24H28F3N5O. The van der Waals surface area contributed by atoms with Gasteiger partial charge in [0.25, 0.3) is 5.91 Å². The highest BCUT2D eigenvalue weighted by molar-refractivity contribution is 6.01. The van der Waals surface area contributed by atoms with Crippen LogP contribution in [-0.4, -0.2) is 40.0 Å². The fraction of sp³-hybridized carbons (Fsp3) is 0.458. The van der Waals surface area contributed by atoms with Crippen LogP contribution in [0.4, 0.5) is 13.2 Å². The Morgan fingerprint density at radius 1 is 1.18 bits per heavy atom. The van der Waals surface area contributed by atoms with Gasteiger partial charge in [-0.2, -0.15) is 13.2 Å². The molecule has 1 aromatic carbocycles. The van der Waals surface area contributed by atoms with E-state index in [0.29, 0.717) is 34.6 Å². The summed E-state index contributed by atoms with van der Waals surface area (Å²) >= 11 is 0. The van der Waals surface area contributed by atoms with Crippen LogP contribution >= 0.6 is 0 Å². The molecule has 3 aromatic rings. The number of aromatic amines is 1. The van der Waals surface area contributed by atoms with Gasteiger partial charge >= 0.3 is 6.18 Å². The van der Waals surface area contributed by atoms with E-state index < -0.39 is 11.7 Å². The predicted octanol–water partition coefficient (Wildman–Crippen LogP) is 4.99. The summed E-state index contributed by atoms with van der Waals surface area (Å²) in [5.74, 6) is 0.0486. The van der Waals surface area contributed by atoms with E-state index in [0.717, 1.165) is 25.6 Å². The monoisotopic (exact) mass is 459 g/mol. The Kier molecular flexibility index (Phi) is 6.97. The van der Waals surface area contributed by atoms with E-state index in [4.69, 9.17) is 0 Å². The molecule has 1 aliphatic rings. The second-order valence-corrected chi connectivity index (χ2v) is 8.54. The largest absolute Gasteiger partial charge is 0.419 e. The molecule has 1 saturated carbocycles. The molecule has 33 heavy (non-hydrogen) atoms. The van der Waals surface area contributed by atoms with Crippen LogP contribution < -0.4 is 10.6 Å². The fourth-order valence-corrected chi connectivity index (χ4v) is 4.34. The number of unbranched alkanes of at least 4 members (excludes halogenated alkanes) is 1. The van der Waals surface area contributed by atoms with E-state index in [2.05, 4.69) is 25.6 Å². The Labute approximate surface area is 190 Å². The molecule has 6 nitrogen and oxygen atoms in total. The number of nitrogens with zero attached hydrogens (tertiary/aromatic N) is 2. The van der Waals surface area contributed by atoms with Crippen molar-refractivity contribution in [3.05, 3.63) is 47.5 Å². The number of fused-ring (bicyclic) bond motifs is 1. The Morgan fingerprint density at radius 3 is 2.70 bits per heavy atom. The van der Waals surface area contributed by atoms with Crippen LogP contribution in [0.25, 0.3) is 22.2 Å². The van der Waals surface area contributed by atoms with Gasteiger partial charge < -0.3 is 15.6 Å². The molecule has 1 fully saturated rings. The van der Waals surface area contributed by atoms with Gasteiger partial charge in [0.15, 0.2) is 0 Å². The quantitative estimate of drug-likeness (QED) is 0.414. The third-order valence-corrected chi connectivity index (χ3v) is 6.09. The zero-order valence-corrected chi connectivity index (χ0v) is 18.6. The van der Waals surface area contributed by atoms with Crippen molar-refractivity contribution >= 4 is 16.8 Å². The molecule has 1 aliphatic carbocycles. The molecular weight excluding hydrogens is 431 g/mol. The lowest BCUT2D eigenvalue weighted by Crippen LogP contribution is -2.28. The van der Waals surface area contributed by atoms with Gasteiger partial charge in [-0.15, -0.1) is 0 Å². The molecule has 3 N–H and O–H groups in total. The highest BCUT2D eigenvalue weighted by Gasteiger charge is 2.35. The molecule has 1 amide bonds. The van der Waals surface area contributed by atoms with Crippen LogP contribution in [0, 0.1) is 6.92 Å². The molecule has 0 saturated heterocycles. The standard InChI is InChI=1S/C24H28F3N5O/c1-15-30-14-20(24(25,26)27)22(32-15)19-13-31-21-12-16(8-9-18(19)21)23(33)29-11-5-4-10-28-17-6-2-3-7-17/h8-9,12-14,17,28,31H,2-7,10-11H2,1H3,(H,29,33). The van der Waals surface area contributed by atoms with Gasteiger partial charge in [-0.25, -0.2) is 9.97 Å². The fourth-order valence-electron chi connectivity index (χ4n) is 4.34. The van der Waals surface area contributed by atoms with E-state index in [1.54, 1.807) is 25.1 Å². The van der Waals surface area contributed by atoms with Crippen LogP contribution in [-0.2, 0) is 6.18 Å². The zero-order valence-electron chi connectivity index (χ0n) is 18.6. The number of aryl methyl sites for hydroxylation is 1. The van der Waals surface area contributed by atoms with Crippen LogP contribution in [0.5, 0.6) is 0 Å². The maximum atomic E-state index is 13.5. The normalized spacial score (nSPS) is 14.8. The topological polar surface area (TPSA) is 82.7 Å². The number of aromatic nitrogens is 3. The summed E-state index contributed by atoms with van der Waals surface area (Å²) in [6.45, 7) is 3.08. The second-order valence-electron chi connectivity index (χ2n) is 8.54. The predicted molar refractivity (Wildman–Crippen MR) is 121 cm³/mol. The van der Waals surface area contributed by atoms with Crippen molar-refractivity contribution < 1.29 is 18.0 Å². The molecule has 9 heteroatoms. The van der Waals surface area contributed by atoms with Crippen molar-refractivity contribution in [3.8, 4) is 11.3 Å². The Morgan fingerprint density at radius 2 is 1.94 bits per heavy atom. The summed E-state index contributed by atoms with van der Waals surface area (Å²) in [6.07, 6.45) is 4.73. The van der Waals surface area contributed by atoms with Crippen molar-refractivity contribution in [2.45, 2.75) is 57.7 Å². The first-order valence-corrected chi connectivity index (χ1v) is 11.4. The van der Waals surface area contributed by atoms with Gasteiger partial charge in [-0.1, -0.05) is 18.9 Å². The van der Waals surface area contributed by atoms with Crippen molar-refractivity contribution in [2.75, 3.05) is 13.1 Å². The van der Waals surface area contributed by atoms with Gasteiger partial charge in [0.2, 0.25) is 0 Å². The number of H-pyrrole nitrogens is 1. The number of hydrogen-bond acceptors (Lipinski definition) is 4. The number of hydrogen-bond donors (Lipinski definition) is 3. The molecule has 2 heterocycles. The van der Waals surface area contributed by atoms with Crippen LogP contribution in [0.15, 0.2) is 30.6 Å². The van der Waals surface area contributed by atoms with E-state index in [-0.39, 0.29) is 17.4 Å². The number of halogens is 3. The summed E-state index contributed by atoms with van der Waals surface area (Å²) in [4.78, 5) is 23.2. The zero-order chi connectivity index (χ0) is 23.4. The molecule has 0 aliphatic heterocycles. The van der Waals surface area contributed by atoms with E-state index in [1.807, 2.05) is 0 Å². The summed E-state index contributed by atoms with van der Waals surface area (Å²) in [5.41, 5.74) is 0.283. The summed E-state index contributed by atoms with van der Waals surface area (Å²) in [6, 6.07) is 5.57. The minimum absolute atomic E-state index is 0.176. The maximum absolute atomic E-state index is 13.5. The van der Waals surface area contributed by atoms with Crippen LogP contribution in [0.2, 0.25) is 0 Å². The first-order valence-electron chi connectivity index (χ1n) is 11.4. The number of carbonyl (C=O) groups is 1. The number of amides is 1. The number of benzene rings is 1. The molecule has 2 aromatic heterocycles. The average molecular weight is 460 g/mol. The highest BCUT2D eigenvalue weighted by atomic mass is 19.4. The van der Waals surface area contributed by atoms with Crippen molar-refractivity contribution in [3.63, 3.8) is 0 Å². The minimum Gasteiger partial charge on any atom is -0.360 e. The molecule has 0 radical (unpaired) electrons. The maximum Gasteiger partial charge on any atom is 0.419 e. The first kappa shape index (κ1) is 23.2. The van der Waals surface area contributed by atoms with E-state index >= 15 is 0 Å². The first-order chi connectivity index (χ1) is 15.8. The molecule has 0 atom stereocenters. The Balaban J connectivity index is 1.40. The summed E-state index contributed by atoms with van der Waals surface area (Å²) in [7, 11) is 0. The lowest BCUT2D eigenvalue weighted by Gasteiger charge is -2.12. The molecule has 0 bridgehead atoms. The van der Waals surface area contributed by atoms with Crippen molar-refractivity contribution in [1.82, 2.24) is 25.6 Å². The van der Waals surface area contributed by atoms with E-state index in [9.17, 15) is 18.0 Å².